The first-order valence-electron chi connectivity index (χ1n) is 8.73. The number of halogens is 1. The number of rotatable bonds is 10. The van der Waals surface area contributed by atoms with Crippen LogP contribution in [0.2, 0.25) is 0 Å². The molecule has 1 rings (SSSR count). The van der Waals surface area contributed by atoms with Gasteiger partial charge >= 0.3 is 0 Å². The Morgan fingerprint density at radius 3 is 2.58 bits per heavy atom. The highest BCUT2D eigenvalue weighted by Gasteiger charge is 2.11. The molecule has 0 aliphatic rings. The summed E-state index contributed by atoms with van der Waals surface area (Å²) in [5.74, 6) is 2.44. The normalized spacial score (nSPS) is 14.2. The van der Waals surface area contributed by atoms with E-state index in [-0.39, 0.29) is 30.6 Å². The van der Waals surface area contributed by atoms with Gasteiger partial charge in [-0.15, -0.1) is 35.3 Å². The lowest BCUT2D eigenvalue weighted by Gasteiger charge is -2.18. The van der Waals surface area contributed by atoms with Crippen LogP contribution < -0.4 is 10.6 Å². The van der Waals surface area contributed by atoms with E-state index >= 15 is 0 Å². The third kappa shape index (κ3) is 9.84. The quantitative estimate of drug-likeness (QED) is 0.276. The van der Waals surface area contributed by atoms with E-state index in [1.807, 2.05) is 0 Å². The third-order valence-corrected chi connectivity index (χ3v) is 4.90. The Balaban J connectivity index is 0.00000529. The van der Waals surface area contributed by atoms with Gasteiger partial charge in [0.15, 0.2) is 5.96 Å². The van der Waals surface area contributed by atoms with Crippen LogP contribution in [0.5, 0.6) is 0 Å². The predicted octanol–water partition coefficient (Wildman–Crippen LogP) is 4.07. The molecule has 0 spiro atoms. The molecule has 140 valence electrons. The molecule has 0 aliphatic heterocycles. The molecule has 4 nitrogen and oxygen atoms in total. The van der Waals surface area contributed by atoms with Gasteiger partial charge in [0, 0.05) is 37.0 Å². The second kappa shape index (κ2) is 13.9. The van der Waals surface area contributed by atoms with Crippen molar-refractivity contribution in [2.45, 2.75) is 46.5 Å². The molecule has 0 fully saturated rings. The molecule has 6 heteroatoms. The number of nitrogens with zero attached hydrogens (tertiary/aromatic N) is 1. The molecule has 1 aromatic rings. The van der Waals surface area contributed by atoms with Gasteiger partial charge in [-0.1, -0.05) is 26.8 Å². The predicted molar refractivity (Wildman–Crippen MR) is 117 cm³/mol. The van der Waals surface area contributed by atoms with E-state index in [9.17, 15) is 5.11 Å². The summed E-state index contributed by atoms with van der Waals surface area (Å²) in [4.78, 5) is 6.12. The van der Waals surface area contributed by atoms with E-state index in [2.05, 4.69) is 55.8 Å². The molecule has 2 unspecified atom stereocenters. The van der Waals surface area contributed by atoms with E-state index in [1.165, 1.54) is 4.88 Å². The lowest BCUT2D eigenvalue weighted by molar-refractivity contribution is 0.245. The average molecular weight is 467 g/mol. The van der Waals surface area contributed by atoms with Crippen LogP contribution in [0.15, 0.2) is 22.5 Å². The third-order valence-electron chi connectivity index (χ3n) is 3.80. The van der Waals surface area contributed by atoms with E-state index in [0.717, 1.165) is 38.4 Å². The zero-order chi connectivity index (χ0) is 17.1. The summed E-state index contributed by atoms with van der Waals surface area (Å²) >= 11 is 1.80. The van der Waals surface area contributed by atoms with E-state index in [1.54, 1.807) is 11.3 Å². The molecular formula is C18H34IN3OS. The Labute approximate surface area is 168 Å². The number of aliphatic imine (C=N–C) groups is 1. The number of thiophene rings is 1. The van der Waals surface area contributed by atoms with Gasteiger partial charge in [-0.05, 0) is 43.0 Å². The minimum atomic E-state index is 0. The minimum Gasteiger partial charge on any atom is -0.396 e. The topological polar surface area (TPSA) is 56.7 Å². The standard InChI is InChI=1S/C18H33N3OS.HI/c1-5-19-18(20-12-15(4)17-7-6-10-23-17)21-13-16(8-9-22)11-14(2)3;/h6-7,10,14-16,22H,5,8-9,11-13H2,1-4H3,(H2,19,20,21);1H. The summed E-state index contributed by atoms with van der Waals surface area (Å²) < 4.78 is 0. The van der Waals surface area contributed by atoms with Crippen LogP contribution >= 0.6 is 35.3 Å². The summed E-state index contributed by atoms with van der Waals surface area (Å²) in [6.07, 6.45) is 1.93. The number of hydrogen-bond acceptors (Lipinski definition) is 3. The second-order valence-corrected chi connectivity index (χ2v) is 7.50. The first-order valence-corrected chi connectivity index (χ1v) is 9.61. The largest absolute Gasteiger partial charge is 0.396 e. The fourth-order valence-corrected chi connectivity index (χ4v) is 3.40. The maximum atomic E-state index is 9.22. The summed E-state index contributed by atoms with van der Waals surface area (Å²) in [7, 11) is 0. The van der Waals surface area contributed by atoms with Crippen molar-refractivity contribution in [2.24, 2.45) is 16.8 Å². The SMILES string of the molecule is CCNC(=NCC(CCO)CC(C)C)NCC(C)c1cccs1.I. The molecule has 0 amide bonds. The first kappa shape index (κ1) is 23.7. The van der Waals surface area contributed by atoms with Crippen LogP contribution in [0.4, 0.5) is 0 Å². The maximum absolute atomic E-state index is 9.22. The van der Waals surface area contributed by atoms with Crippen LogP contribution in [-0.2, 0) is 0 Å². The van der Waals surface area contributed by atoms with Gasteiger partial charge < -0.3 is 15.7 Å². The van der Waals surface area contributed by atoms with E-state index in [0.29, 0.717) is 17.8 Å². The fourth-order valence-electron chi connectivity index (χ4n) is 2.62. The average Bonchev–Trinajstić information content (AvgIpc) is 3.03. The molecule has 0 radical (unpaired) electrons. The fraction of sp³-hybridized carbons (Fsp3) is 0.722. The monoisotopic (exact) mass is 467 g/mol. The summed E-state index contributed by atoms with van der Waals surface area (Å²) in [6, 6.07) is 4.28. The Kier molecular flexibility index (Phi) is 13.7. The number of guanidine groups is 1. The Bertz CT molecular complexity index is 437. The van der Waals surface area contributed by atoms with Crippen molar-refractivity contribution < 1.29 is 5.11 Å². The van der Waals surface area contributed by atoms with Crippen molar-refractivity contribution >= 4 is 41.3 Å². The second-order valence-electron chi connectivity index (χ2n) is 6.52. The highest BCUT2D eigenvalue weighted by atomic mass is 127. The van der Waals surface area contributed by atoms with E-state index < -0.39 is 0 Å². The number of aliphatic hydroxyl groups is 1. The van der Waals surface area contributed by atoms with Gasteiger partial charge in [0.1, 0.15) is 0 Å². The van der Waals surface area contributed by atoms with Gasteiger partial charge in [0.05, 0.1) is 0 Å². The number of aliphatic hydroxyl groups excluding tert-OH is 1. The zero-order valence-corrected chi connectivity index (χ0v) is 18.6. The summed E-state index contributed by atoms with van der Waals surface area (Å²) in [5, 5.41) is 18.1. The molecule has 0 saturated carbocycles. The molecule has 0 aromatic carbocycles. The van der Waals surface area contributed by atoms with Crippen LogP contribution in [-0.4, -0.2) is 37.3 Å². The van der Waals surface area contributed by atoms with Gasteiger partial charge in [0.2, 0.25) is 0 Å². The Hall–Kier alpha value is -0.340. The molecule has 0 saturated heterocycles. The smallest absolute Gasteiger partial charge is 0.191 e. The summed E-state index contributed by atoms with van der Waals surface area (Å²) in [6.45, 7) is 11.5. The van der Waals surface area contributed by atoms with Gasteiger partial charge in [-0.3, -0.25) is 4.99 Å². The molecule has 0 aliphatic carbocycles. The zero-order valence-electron chi connectivity index (χ0n) is 15.4. The first-order chi connectivity index (χ1) is 11.1. The molecular weight excluding hydrogens is 433 g/mol. The molecule has 1 aromatic heterocycles. The highest BCUT2D eigenvalue weighted by molar-refractivity contribution is 14.0. The Morgan fingerprint density at radius 1 is 1.29 bits per heavy atom. The van der Waals surface area contributed by atoms with Crippen molar-refractivity contribution in [2.75, 3.05) is 26.2 Å². The van der Waals surface area contributed by atoms with Crippen LogP contribution in [0.3, 0.4) is 0 Å². The molecule has 3 N–H and O–H groups in total. The highest BCUT2D eigenvalue weighted by Crippen LogP contribution is 2.19. The van der Waals surface area contributed by atoms with Crippen molar-refractivity contribution in [3.8, 4) is 0 Å². The van der Waals surface area contributed by atoms with Crippen LogP contribution in [0, 0.1) is 11.8 Å². The number of hydrogen-bond donors (Lipinski definition) is 3. The van der Waals surface area contributed by atoms with Gasteiger partial charge in [-0.25, -0.2) is 0 Å². The van der Waals surface area contributed by atoms with Crippen LogP contribution in [0.1, 0.15) is 51.3 Å². The van der Waals surface area contributed by atoms with Crippen molar-refractivity contribution in [3.63, 3.8) is 0 Å². The van der Waals surface area contributed by atoms with E-state index in [4.69, 9.17) is 4.99 Å². The van der Waals surface area contributed by atoms with Gasteiger partial charge in [-0.2, -0.15) is 0 Å². The van der Waals surface area contributed by atoms with Crippen LogP contribution in [0.25, 0.3) is 0 Å². The molecule has 0 bridgehead atoms. The lowest BCUT2D eigenvalue weighted by atomic mass is 9.94. The lowest BCUT2D eigenvalue weighted by Crippen LogP contribution is -2.39. The van der Waals surface area contributed by atoms with Crippen molar-refractivity contribution in [1.82, 2.24) is 10.6 Å². The van der Waals surface area contributed by atoms with Gasteiger partial charge in [0.25, 0.3) is 0 Å². The van der Waals surface area contributed by atoms with Crippen molar-refractivity contribution in [3.05, 3.63) is 22.4 Å². The maximum Gasteiger partial charge on any atom is 0.191 e. The van der Waals surface area contributed by atoms with Crippen molar-refractivity contribution in [1.29, 1.82) is 0 Å². The molecule has 1 heterocycles. The molecule has 24 heavy (non-hydrogen) atoms. The molecule has 2 atom stereocenters. The summed E-state index contributed by atoms with van der Waals surface area (Å²) in [5.41, 5.74) is 0. The minimum absolute atomic E-state index is 0. The number of nitrogens with one attached hydrogen (secondary N) is 2. The Morgan fingerprint density at radius 2 is 2.04 bits per heavy atom.